The Labute approximate surface area is 124 Å². The van der Waals surface area contributed by atoms with Crippen molar-refractivity contribution in [3.8, 4) is 11.4 Å². The summed E-state index contributed by atoms with van der Waals surface area (Å²) in [6.45, 7) is 6.49. The van der Waals surface area contributed by atoms with Gasteiger partial charge in [0.1, 0.15) is 0 Å². The zero-order chi connectivity index (χ0) is 14.8. The van der Waals surface area contributed by atoms with E-state index in [0.29, 0.717) is 23.2 Å². The largest absolute Gasteiger partial charge is 0.339 e. The fourth-order valence-electron chi connectivity index (χ4n) is 2.17. The fraction of sp³-hybridized carbons (Fsp3) is 0.467. The molecule has 0 aliphatic rings. The Morgan fingerprint density at radius 3 is 2.75 bits per heavy atom. The van der Waals surface area contributed by atoms with Crippen LogP contribution in [0.4, 0.5) is 0 Å². The molecule has 2 aromatic rings. The van der Waals surface area contributed by atoms with Gasteiger partial charge in [-0.25, -0.2) is 0 Å². The first-order valence-corrected chi connectivity index (χ1v) is 7.05. The van der Waals surface area contributed by atoms with Crippen LogP contribution in [-0.4, -0.2) is 16.2 Å². The number of aromatic nitrogens is 2. The Morgan fingerprint density at radius 2 is 2.10 bits per heavy atom. The van der Waals surface area contributed by atoms with E-state index in [9.17, 15) is 0 Å². The summed E-state index contributed by atoms with van der Waals surface area (Å²) in [6, 6.07) is 7.40. The molecule has 1 aromatic carbocycles. The maximum atomic E-state index is 6.12. The zero-order valence-corrected chi connectivity index (χ0v) is 12.8. The molecule has 0 amide bonds. The second kappa shape index (κ2) is 5.94. The van der Waals surface area contributed by atoms with Crippen LogP contribution in [0, 0.1) is 5.41 Å². The molecule has 0 spiro atoms. The molecule has 0 saturated heterocycles. The molecule has 108 valence electrons. The second-order valence-electron chi connectivity index (χ2n) is 6.25. The maximum Gasteiger partial charge on any atom is 0.228 e. The number of hydrogen-bond acceptors (Lipinski definition) is 4. The summed E-state index contributed by atoms with van der Waals surface area (Å²) in [5.41, 5.74) is 7.15. The summed E-state index contributed by atoms with van der Waals surface area (Å²) in [4.78, 5) is 4.38. The van der Waals surface area contributed by atoms with Crippen LogP contribution in [0.25, 0.3) is 11.4 Å². The van der Waals surface area contributed by atoms with Gasteiger partial charge >= 0.3 is 0 Å². The number of nitrogens with zero attached hydrogens (tertiary/aromatic N) is 2. The van der Waals surface area contributed by atoms with Crippen LogP contribution in [0.5, 0.6) is 0 Å². The minimum Gasteiger partial charge on any atom is -0.339 e. The molecule has 5 heteroatoms. The molecule has 0 fully saturated rings. The van der Waals surface area contributed by atoms with Gasteiger partial charge in [-0.05, 0) is 24.0 Å². The predicted molar refractivity (Wildman–Crippen MR) is 80.5 cm³/mol. The number of nitrogens with two attached hydrogens (primary N) is 1. The van der Waals surface area contributed by atoms with Crippen LogP contribution in [0.15, 0.2) is 28.8 Å². The lowest BCUT2D eigenvalue weighted by Gasteiger charge is -2.21. The Morgan fingerprint density at radius 1 is 1.35 bits per heavy atom. The topological polar surface area (TPSA) is 64.9 Å². The first kappa shape index (κ1) is 15.0. The van der Waals surface area contributed by atoms with E-state index in [-0.39, 0.29) is 11.5 Å². The Balaban J connectivity index is 2.06. The maximum absolute atomic E-state index is 6.12. The summed E-state index contributed by atoms with van der Waals surface area (Å²) in [6.07, 6.45) is 1.49. The Kier molecular flexibility index (Phi) is 4.45. The first-order valence-electron chi connectivity index (χ1n) is 6.67. The van der Waals surface area contributed by atoms with Crippen LogP contribution >= 0.6 is 11.6 Å². The highest BCUT2D eigenvalue weighted by molar-refractivity contribution is 6.30. The molecule has 0 aliphatic heterocycles. The number of rotatable bonds is 4. The smallest absolute Gasteiger partial charge is 0.228 e. The summed E-state index contributed by atoms with van der Waals surface area (Å²) in [7, 11) is 0. The van der Waals surface area contributed by atoms with Gasteiger partial charge in [0.2, 0.25) is 11.7 Å². The molecule has 2 N–H and O–H groups in total. The molecule has 0 aliphatic carbocycles. The van der Waals surface area contributed by atoms with Crippen molar-refractivity contribution in [1.82, 2.24) is 10.1 Å². The van der Waals surface area contributed by atoms with E-state index in [1.165, 1.54) is 0 Å². The number of halogens is 1. The van der Waals surface area contributed by atoms with Crippen LogP contribution in [0.1, 0.15) is 33.1 Å². The van der Waals surface area contributed by atoms with Crippen molar-refractivity contribution in [2.24, 2.45) is 11.1 Å². The van der Waals surface area contributed by atoms with Crippen molar-refractivity contribution in [1.29, 1.82) is 0 Å². The lowest BCUT2D eigenvalue weighted by atomic mass is 9.87. The Hall–Kier alpha value is -1.39. The van der Waals surface area contributed by atoms with Gasteiger partial charge in [-0.3, -0.25) is 0 Å². The van der Waals surface area contributed by atoms with Gasteiger partial charge in [-0.15, -0.1) is 0 Å². The van der Waals surface area contributed by atoms with Crippen molar-refractivity contribution in [2.45, 2.75) is 39.7 Å². The van der Waals surface area contributed by atoms with Crippen molar-refractivity contribution in [2.75, 3.05) is 0 Å². The molecular weight excluding hydrogens is 274 g/mol. The summed E-state index contributed by atoms with van der Waals surface area (Å²) in [5.74, 6) is 1.11. The van der Waals surface area contributed by atoms with Gasteiger partial charge in [0, 0.05) is 23.0 Å². The minimum atomic E-state index is 0.0164. The second-order valence-corrected chi connectivity index (χ2v) is 6.69. The number of benzene rings is 1. The molecule has 0 radical (unpaired) electrons. The SMILES string of the molecule is CC(C)(C)CC(N)Cc1nc(-c2cccc(Cl)c2)no1. The van der Waals surface area contributed by atoms with E-state index < -0.39 is 0 Å². The van der Waals surface area contributed by atoms with Crippen molar-refractivity contribution in [3.05, 3.63) is 35.2 Å². The third-order valence-electron chi connectivity index (χ3n) is 2.86. The Bertz CT molecular complexity index is 574. The predicted octanol–water partition coefficient (Wildman–Crippen LogP) is 3.70. The minimum absolute atomic E-state index is 0.0164. The van der Waals surface area contributed by atoms with Crippen molar-refractivity contribution < 1.29 is 4.52 Å². The van der Waals surface area contributed by atoms with E-state index in [1.54, 1.807) is 0 Å². The van der Waals surface area contributed by atoms with E-state index >= 15 is 0 Å². The van der Waals surface area contributed by atoms with Crippen molar-refractivity contribution in [3.63, 3.8) is 0 Å². The lowest BCUT2D eigenvalue weighted by molar-refractivity contribution is 0.313. The molecule has 1 heterocycles. The van der Waals surface area contributed by atoms with Gasteiger partial charge in [0.25, 0.3) is 0 Å². The van der Waals surface area contributed by atoms with Gasteiger partial charge in [-0.1, -0.05) is 49.7 Å². The van der Waals surface area contributed by atoms with Crippen LogP contribution < -0.4 is 5.73 Å². The molecule has 0 saturated carbocycles. The third-order valence-corrected chi connectivity index (χ3v) is 3.10. The van der Waals surface area contributed by atoms with Crippen LogP contribution in [0.2, 0.25) is 5.02 Å². The van der Waals surface area contributed by atoms with E-state index in [1.807, 2.05) is 24.3 Å². The highest BCUT2D eigenvalue weighted by Gasteiger charge is 2.18. The first-order chi connectivity index (χ1) is 9.33. The van der Waals surface area contributed by atoms with Gasteiger partial charge in [0.05, 0.1) is 0 Å². The highest BCUT2D eigenvalue weighted by Crippen LogP contribution is 2.23. The van der Waals surface area contributed by atoms with Crippen LogP contribution in [-0.2, 0) is 6.42 Å². The molecule has 4 nitrogen and oxygen atoms in total. The summed E-state index contributed by atoms with van der Waals surface area (Å²) >= 11 is 5.95. The van der Waals surface area contributed by atoms with Gasteiger partial charge in [0.15, 0.2) is 0 Å². The molecule has 1 atom stereocenters. The number of hydrogen-bond donors (Lipinski definition) is 1. The van der Waals surface area contributed by atoms with Gasteiger partial charge in [-0.2, -0.15) is 4.98 Å². The van der Waals surface area contributed by atoms with E-state index in [4.69, 9.17) is 21.9 Å². The normalized spacial score (nSPS) is 13.4. The van der Waals surface area contributed by atoms with Crippen LogP contribution in [0.3, 0.4) is 0 Å². The van der Waals surface area contributed by atoms with E-state index in [2.05, 4.69) is 30.9 Å². The summed E-state index contributed by atoms with van der Waals surface area (Å²) < 4.78 is 5.26. The molecule has 1 aromatic heterocycles. The molecule has 2 rings (SSSR count). The third kappa shape index (κ3) is 4.32. The average Bonchev–Trinajstić information content (AvgIpc) is 2.74. The summed E-state index contributed by atoms with van der Waals surface area (Å²) in [5, 5.41) is 4.63. The monoisotopic (exact) mass is 293 g/mol. The molecular formula is C15H20ClN3O. The van der Waals surface area contributed by atoms with E-state index in [0.717, 1.165) is 12.0 Å². The molecule has 1 unspecified atom stereocenters. The fourth-order valence-corrected chi connectivity index (χ4v) is 2.36. The standard InChI is InChI=1S/C15H20ClN3O/c1-15(2,3)9-12(17)8-13-18-14(19-20-13)10-5-4-6-11(16)7-10/h4-7,12H,8-9,17H2,1-3H3. The highest BCUT2D eigenvalue weighted by atomic mass is 35.5. The van der Waals surface area contributed by atoms with Gasteiger partial charge < -0.3 is 10.3 Å². The average molecular weight is 294 g/mol. The van der Waals surface area contributed by atoms with Crippen molar-refractivity contribution >= 4 is 11.6 Å². The molecule has 0 bridgehead atoms. The molecule has 20 heavy (non-hydrogen) atoms. The lowest BCUT2D eigenvalue weighted by Crippen LogP contribution is -2.28. The zero-order valence-electron chi connectivity index (χ0n) is 12.1. The quantitative estimate of drug-likeness (QED) is 0.933.